The Kier molecular flexibility index (Phi) is 9.20. The number of aliphatic imine (C=N–C) groups is 1. The molecule has 0 unspecified atom stereocenters. The summed E-state index contributed by atoms with van der Waals surface area (Å²) in [7, 11) is 0. The molecule has 0 spiro atoms. The summed E-state index contributed by atoms with van der Waals surface area (Å²) in [4.78, 5) is 8.94. The highest BCUT2D eigenvalue weighted by atomic mass is 127. The van der Waals surface area contributed by atoms with E-state index in [1.54, 1.807) is 0 Å². The van der Waals surface area contributed by atoms with Crippen molar-refractivity contribution in [1.29, 1.82) is 0 Å². The van der Waals surface area contributed by atoms with Gasteiger partial charge in [-0.2, -0.15) is 10.1 Å². The Morgan fingerprint density at radius 1 is 1.26 bits per heavy atom. The maximum absolute atomic E-state index is 5.30. The Balaban J connectivity index is 0.00000364. The molecule has 2 aromatic heterocycles. The van der Waals surface area contributed by atoms with Crippen LogP contribution in [0.5, 0.6) is 0 Å². The smallest absolute Gasteiger partial charge is 0.232 e. The van der Waals surface area contributed by atoms with Crippen LogP contribution in [-0.2, 0) is 18.5 Å². The first-order chi connectivity index (χ1) is 12.3. The van der Waals surface area contributed by atoms with Gasteiger partial charge in [-0.05, 0) is 33.3 Å². The summed E-state index contributed by atoms with van der Waals surface area (Å²) >= 11 is 0. The van der Waals surface area contributed by atoms with Crippen LogP contribution in [-0.4, -0.2) is 39.0 Å². The van der Waals surface area contributed by atoms with E-state index in [1.807, 2.05) is 39.3 Å². The quantitative estimate of drug-likeness (QED) is 0.269. The van der Waals surface area contributed by atoms with Gasteiger partial charge in [0, 0.05) is 30.7 Å². The van der Waals surface area contributed by atoms with Crippen molar-refractivity contribution >= 4 is 29.9 Å². The lowest BCUT2D eigenvalue weighted by molar-refractivity contribution is 0.318. The van der Waals surface area contributed by atoms with Gasteiger partial charge in [0.25, 0.3) is 0 Å². The topological polar surface area (TPSA) is 93.2 Å². The second kappa shape index (κ2) is 10.6. The van der Waals surface area contributed by atoms with Crippen LogP contribution in [0.25, 0.3) is 0 Å². The van der Waals surface area contributed by atoms with Crippen molar-refractivity contribution in [1.82, 2.24) is 30.6 Å². The predicted molar refractivity (Wildman–Crippen MR) is 118 cm³/mol. The second-order valence-electron chi connectivity index (χ2n) is 7.39. The monoisotopic (exact) mass is 489 g/mol. The van der Waals surface area contributed by atoms with Gasteiger partial charge in [0.15, 0.2) is 11.8 Å². The fraction of sp³-hybridized carbons (Fsp3) is 0.667. The molecule has 2 heterocycles. The Morgan fingerprint density at radius 2 is 2.00 bits per heavy atom. The first-order valence-corrected chi connectivity index (χ1v) is 9.16. The van der Waals surface area contributed by atoms with Crippen molar-refractivity contribution in [3.63, 3.8) is 0 Å². The molecule has 2 aromatic rings. The third-order valence-electron chi connectivity index (χ3n) is 3.77. The van der Waals surface area contributed by atoms with Crippen LogP contribution in [0.4, 0.5) is 0 Å². The van der Waals surface area contributed by atoms with E-state index >= 15 is 0 Å². The molecule has 0 saturated carbocycles. The normalized spacial score (nSPS) is 12.0. The van der Waals surface area contributed by atoms with Crippen LogP contribution in [0.3, 0.4) is 0 Å². The number of halogens is 1. The maximum Gasteiger partial charge on any atom is 0.232 e. The summed E-state index contributed by atoms with van der Waals surface area (Å²) in [5, 5.41) is 15.1. The van der Waals surface area contributed by atoms with Crippen LogP contribution in [0, 0.1) is 13.8 Å². The lowest BCUT2D eigenvalue weighted by Crippen LogP contribution is -2.38. The molecule has 8 nitrogen and oxygen atoms in total. The van der Waals surface area contributed by atoms with Gasteiger partial charge in [0.2, 0.25) is 5.89 Å². The molecular formula is C18H32IN7O. The lowest BCUT2D eigenvalue weighted by atomic mass is 9.97. The fourth-order valence-electron chi connectivity index (χ4n) is 2.45. The molecule has 0 aliphatic rings. The van der Waals surface area contributed by atoms with E-state index in [0.717, 1.165) is 37.7 Å². The molecule has 152 valence electrons. The minimum Gasteiger partial charge on any atom is -0.357 e. The summed E-state index contributed by atoms with van der Waals surface area (Å²) in [6, 6.07) is 2.09. The van der Waals surface area contributed by atoms with E-state index in [9.17, 15) is 0 Å². The Labute approximate surface area is 178 Å². The number of aromatic nitrogens is 4. The van der Waals surface area contributed by atoms with E-state index in [2.05, 4.69) is 43.9 Å². The predicted octanol–water partition coefficient (Wildman–Crippen LogP) is 2.94. The Bertz CT molecular complexity index is 730. The van der Waals surface area contributed by atoms with Gasteiger partial charge in [-0.1, -0.05) is 25.9 Å². The number of guanidine groups is 1. The van der Waals surface area contributed by atoms with Crippen molar-refractivity contribution in [2.75, 3.05) is 13.1 Å². The minimum atomic E-state index is -0.152. The summed E-state index contributed by atoms with van der Waals surface area (Å²) in [5.74, 6) is 1.98. The number of nitrogens with zero attached hydrogens (tertiary/aromatic N) is 5. The standard InChI is InChI=1S/C18H31N7O.HI/c1-7-19-17(20-9-8-10-25-14(3)11-13(2)23-25)21-12-15-22-16(26-24-15)18(4,5)6;/h11H,7-10,12H2,1-6H3,(H2,19,20,21);1H. The number of rotatable bonds is 7. The van der Waals surface area contributed by atoms with Crippen molar-refractivity contribution in [3.05, 3.63) is 29.2 Å². The van der Waals surface area contributed by atoms with Crippen LogP contribution in [0.1, 0.15) is 57.2 Å². The van der Waals surface area contributed by atoms with Crippen molar-refractivity contribution < 1.29 is 4.52 Å². The zero-order valence-electron chi connectivity index (χ0n) is 17.2. The molecule has 0 amide bonds. The van der Waals surface area contributed by atoms with E-state index in [1.165, 1.54) is 5.69 Å². The van der Waals surface area contributed by atoms with Gasteiger partial charge in [-0.3, -0.25) is 4.68 Å². The molecule has 0 aliphatic heterocycles. The molecule has 0 saturated heterocycles. The van der Waals surface area contributed by atoms with E-state index in [0.29, 0.717) is 18.3 Å². The number of nitrogens with one attached hydrogen (secondary N) is 2. The molecule has 0 atom stereocenters. The third-order valence-corrected chi connectivity index (χ3v) is 3.77. The highest BCUT2D eigenvalue weighted by Crippen LogP contribution is 2.19. The molecule has 2 rings (SSSR count). The summed E-state index contributed by atoms with van der Waals surface area (Å²) in [5.41, 5.74) is 2.09. The molecule has 27 heavy (non-hydrogen) atoms. The number of hydrogen-bond acceptors (Lipinski definition) is 5. The molecule has 0 aliphatic carbocycles. The first-order valence-electron chi connectivity index (χ1n) is 9.16. The summed E-state index contributed by atoms with van der Waals surface area (Å²) < 4.78 is 7.34. The molecular weight excluding hydrogens is 457 g/mol. The highest BCUT2D eigenvalue weighted by molar-refractivity contribution is 14.0. The van der Waals surface area contributed by atoms with Gasteiger partial charge in [-0.15, -0.1) is 24.0 Å². The highest BCUT2D eigenvalue weighted by Gasteiger charge is 2.21. The van der Waals surface area contributed by atoms with Gasteiger partial charge in [-0.25, -0.2) is 4.99 Å². The minimum absolute atomic E-state index is 0. The van der Waals surface area contributed by atoms with Crippen LogP contribution < -0.4 is 10.6 Å². The van der Waals surface area contributed by atoms with E-state index in [4.69, 9.17) is 4.52 Å². The van der Waals surface area contributed by atoms with Crippen LogP contribution >= 0.6 is 24.0 Å². The van der Waals surface area contributed by atoms with Crippen LogP contribution in [0.2, 0.25) is 0 Å². The third kappa shape index (κ3) is 7.47. The van der Waals surface area contributed by atoms with Gasteiger partial charge < -0.3 is 15.2 Å². The largest absolute Gasteiger partial charge is 0.357 e. The zero-order valence-corrected chi connectivity index (χ0v) is 19.5. The first kappa shape index (κ1) is 23.4. The molecule has 0 fully saturated rings. The van der Waals surface area contributed by atoms with Crippen LogP contribution in [0.15, 0.2) is 15.6 Å². The van der Waals surface area contributed by atoms with Gasteiger partial charge in [0.05, 0.1) is 5.69 Å². The average Bonchev–Trinajstić information content (AvgIpc) is 3.15. The average molecular weight is 489 g/mol. The van der Waals surface area contributed by atoms with E-state index in [-0.39, 0.29) is 29.4 Å². The second-order valence-corrected chi connectivity index (χ2v) is 7.39. The Morgan fingerprint density at radius 3 is 2.56 bits per heavy atom. The Hall–Kier alpha value is -1.65. The molecule has 0 bridgehead atoms. The zero-order chi connectivity index (χ0) is 19.2. The molecule has 9 heteroatoms. The fourth-order valence-corrected chi connectivity index (χ4v) is 2.45. The van der Waals surface area contributed by atoms with Crippen molar-refractivity contribution in [2.24, 2.45) is 4.99 Å². The lowest BCUT2D eigenvalue weighted by Gasteiger charge is -2.11. The van der Waals surface area contributed by atoms with Crippen molar-refractivity contribution in [3.8, 4) is 0 Å². The van der Waals surface area contributed by atoms with Gasteiger partial charge >= 0.3 is 0 Å². The molecule has 2 N–H and O–H groups in total. The maximum atomic E-state index is 5.30. The molecule has 0 radical (unpaired) electrons. The number of aryl methyl sites for hydroxylation is 3. The molecule has 0 aromatic carbocycles. The summed E-state index contributed by atoms with van der Waals surface area (Å²) in [6.07, 6.45) is 0.961. The number of hydrogen-bond donors (Lipinski definition) is 2. The van der Waals surface area contributed by atoms with E-state index < -0.39 is 0 Å². The van der Waals surface area contributed by atoms with Gasteiger partial charge in [0.1, 0.15) is 6.54 Å². The summed E-state index contributed by atoms with van der Waals surface area (Å²) in [6.45, 7) is 15.1. The SMILES string of the molecule is CCNC(=NCc1noc(C(C)(C)C)n1)NCCCn1nc(C)cc1C.I. The van der Waals surface area contributed by atoms with Crippen molar-refractivity contribution in [2.45, 2.75) is 66.5 Å².